The van der Waals surface area contributed by atoms with Crippen molar-refractivity contribution in [3.05, 3.63) is 29.8 Å². The monoisotopic (exact) mass is 308 g/mol. The van der Waals surface area contributed by atoms with Crippen molar-refractivity contribution in [3.8, 4) is 0 Å². The Labute approximate surface area is 126 Å². The smallest absolute Gasteiger partial charge is 0.307 e. The molecule has 0 spiro atoms. The van der Waals surface area contributed by atoms with E-state index >= 15 is 0 Å². The SMILES string of the molecule is O=C(O)Cc1ccc(NC(=O)CCN2CCSC2=O)cc1. The molecule has 0 unspecified atom stereocenters. The van der Waals surface area contributed by atoms with Crippen molar-refractivity contribution < 1.29 is 19.5 Å². The summed E-state index contributed by atoms with van der Waals surface area (Å²) in [7, 11) is 0. The number of carbonyl (C=O) groups is 3. The van der Waals surface area contributed by atoms with E-state index in [0.29, 0.717) is 24.3 Å². The molecule has 0 saturated carbocycles. The van der Waals surface area contributed by atoms with Crippen LogP contribution < -0.4 is 5.32 Å². The first-order chi connectivity index (χ1) is 10.0. The standard InChI is InChI=1S/C14H16N2O4S/c17-12(5-6-16-7-8-21-14(16)20)15-11-3-1-10(2-4-11)9-13(18)19/h1-4H,5-9H2,(H,15,17)(H,18,19). The molecule has 0 aromatic heterocycles. The minimum atomic E-state index is -0.889. The third kappa shape index (κ3) is 4.78. The molecule has 2 N–H and O–H groups in total. The van der Waals surface area contributed by atoms with Crippen LogP contribution in [0.5, 0.6) is 0 Å². The molecule has 0 radical (unpaired) electrons. The van der Waals surface area contributed by atoms with Gasteiger partial charge in [0.25, 0.3) is 5.24 Å². The van der Waals surface area contributed by atoms with Crippen molar-refractivity contribution in [2.24, 2.45) is 0 Å². The molecule has 21 heavy (non-hydrogen) atoms. The molecule has 1 aromatic carbocycles. The number of benzene rings is 1. The molecule has 0 aliphatic carbocycles. The predicted octanol–water partition coefficient (Wildman–Crippen LogP) is 1.81. The van der Waals surface area contributed by atoms with Crippen LogP contribution in [0.2, 0.25) is 0 Å². The van der Waals surface area contributed by atoms with Gasteiger partial charge < -0.3 is 15.3 Å². The molecule has 2 amide bonds. The van der Waals surface area contributed by atoms with Gasteiger partial charge in [-0.25, -0.2) is 0 Å². The zero-order valence-corrected chi connectivity index (χ0v) is 12.2. The number of thioether (sulfide) groups is 1. The largest absolute Gasteiger partial charge is 0.481 e. The number of rotatable bonds is 6. The van der Waals surface area contributed by atoms with Crippen LogP contribution in [0.1, 0.15) is 12.0 Å². The summed E-state index contributed by atoms with van der Waals surface area (Å²) in [5.74, 6) is -0.267. The van der Waals surface area contributed by atoms with Crippen LogP contribution in [0.4, 0.5) is 10.5 Å². The van der Waals surface area contributed by atoms with Gasteiger partial charge in [0.05, 0.1) is 6.42 Å². The van der Waals surface area contributed by atoms with Crippen molar-refractivity contribution >= 4 is 34.6 Å². The van der Waals surface area contributed by atoms with E-state index in [1.807, 2.05) is 0 Å². The molecule has 1 saturated heterocycles. The molecular weight excluding hydrogens is 292 g/mol. The highest BCUT2D eigenvalue weighted by molar-refractivity contribution is 8.13. The second kappa shape index (κ2) is 7.12. The number of nitrogens with zero attached hydrogens (tertiary/aromatic N) is 1. The zero-order chi connectivity index (χ0) is 15.2. The Bertz CT molecular complexity index is 544. The maximum absolute atomic E-state index is 11.8. The molecular formula is C14H16N2O4S. The van der Waals surface area contributed by atoms with E-state index in [1.54, 1.807) is 29.2 Å². The molecule has 6 nitrogen and oxygen atoms in total. The number of anilines is 1. The van der Waals surface area contributed by atoms with E-state index in [-0.39, 0.29) is 24.0 Å². The van der Waals surface area contributed by atoms with Gasteiger partial charge in [0.15, 0.2) is 0 Å². The van der Waals surface area contributed by atoms with Crippen LogP contribution in [-0.4, -0.2) is 46.0 Å². The molecule has 0 bridgehead atoms. The van der Waals surface area contributed by atoms with Gasteiger partial charge >= 0.3 is 5.97 Å². The first-order valence-corrected chi connectivity index (χ1v) is 7.55. The highest BCUT2D eigenvalue weighted by Crippen LogP contribution is 2.17. The van der Waals surface area contributed by atoms with E-state index in [4.69, 9.17) is 5.11 Å². The molecule has 1 fully saturated rings. The summed E-state index contributed by atoms with van der Waals surface area (Å²) in [4.78, 5) is 35.4. The molecule has 1 aliphatic rings. The highest BCUT2D eigenvalue weighted by atomic mass is 32.2. The maximum atomic E-state index is 11.8. The third-order valence-corrected chi connectivity index (χ3v) is 3.94. The number of aliphatic carboxylic acids is 1. The minimum Gasteiger partial charge on any atom is -0.481 e. The van der Waals surface area contributed by atoms with Crippen LogP contribution in [0.25, 0.3) is 0 Å². The average Bonchev–Trinajstić information content (AvgIpc) is 2.84. The average molecular weight is 308 g/mol. The lowest BCUT2D eigenvalue weighted by Crippen LogP contribution is -2.27. The topological polar surface area (TPSA) is 86.7 Å². The van der Waals surface area contributed by atoms with Gasteiger partial charge in [-0.1, -0.05) is 23.9 Å². The Hall–Kier alpha value is -2.02. The van der Waals surface area contributed by atoms with Crippen LogP contribution in [0.3, 0.4) is 0 Å². The van der Waals surface area contributed by atoms with Gasteiger partial charge in [-0.3, -0.25) is 14.4 Å². The van der Waals surface area contributed by atoms with E-state index in [9.17, 15) is 14.4 Å². The lowest BCUT2D eigenvalue weighted by molar-refractivity contribution is -0.136. The summed E-state index contributed by atoms with van der Waals surface area (Å²) in [5.41, 5.74) is 1.30. The van der Waals surface area contributed by atoms with Gasteiger partial charge in [-0.15, -0.1) is 0 Å². The number of carboxylic acid groups (broad SMARTS) is 1. The predicted molar refractivity (Wildman–Crippen MR) is 80.5 cm³/mol. The fraction of sp³-hybridized carbons (Fsp3) is 0.357. The molecule has 1 aromatic rings. The van der Waals surface area contributed by atoms with Crippen LogP contribution in [0, 0.1) is 0 Å². The van der Waals surface area contributed by atoms with Crippen molar-refractivity contribution in [2.45, 2.75) is 12.8 Å². The van der Waals surface area contributed by atoms with Crippen molar-refractivity contribution in [1.29, 1.82) is 0 Å². The fourth-order valence-corrected chi connectivity index (χ4v) is 2.82. The first kappa shape index (κ1) is 15.4. The quantitative estimate of drug-likeness (QED) is 0.837. The highest BCUT2D eigenvalue weighted by Gasteiger charge is 2.21. The number of hydrogen-bond acceptors (Lipinski definition) is 4. The summed E-state index contributed by atoms with van der Waals surface area (Å²) < 4.78 is 0. The van der Waals surface area contributed by atoms with Crippen molar-refractivity contribution in [3.63, 3.8) is 0 Å². The minimum absolute atomic E-state index is 0.0285. The molecule has 1 heterocycles. The Morgan fingerprint density at radius 3 is 2.57 bits per heavy atom. The summed E-state index contributed by atoms with van der Waals surface area (Å²) in [5, 5.41) is 11.4. The van der Waals surface area contributed by atoms with E-state index < -0.39 is 5.97 Å². The normalized spacial score (nSPS) is 14.3. The fourth-order valence-electron chi connectivity index (χ4n) is 1.97. The lowest BCUT2D eigenvalue weighted by Gasteiger charge is -2.14. The molecule has 1 aliphatic heterocycles. The van der Waals surface area contributed by atoms with Gasteiger partial charge in [-0.05, 0) is 17.7 Å². The molecule has 112 valence electrons. The first-order valence-electron chi connectivity index (χ1n) is 6.57. The molecule has 0 atom stereocenters. The van der Waals surface area contributed by atoms with Crippen molar-refractivity contribution in [1.82, 2.24) is 4.90 Å². The maximum Gasteiger partial charge on any atom is 0.307 e. The van der Waals surface area contributed by atoms with Crippen LogP contribution in [-0.2, 0) is 16.0 Å². The second-order valence-corrected chi connectivity index (χ2v) is 5.71. The summed E-state index contributed by atoms with van der Waals surface area (Å²) in [6.45, 7) is 1.12. The van der Waals surface area contributed by atoms with Crippen LogP contribution >= 0.6 is 11.8 Å². The Balaban J connectivity index is 1.79. The van der Waals surface area contributed by atoms with E-state index in [1.165, 1.54) is 11.8 Å². The Kier molecular flexibility index (Phi) is 5.21. The lowest BCUT2D eigenvalue weighted by atomic mass is 10.1. The number of carboxylic acids is 1. The molecule has 7 heteroatoms. The van der Waals surface area contributed by atoms with Gasteiger partial charge in [0.1, 0.15) is 0 Å². The number of carbonyl (C=O) groups excluding carboxylic acids is 2. The third-order valence-electron chi connectivity index (χ3n) is 3.05. The van der Waals surface area contributed by atoms with Crippen LogP contribution in [0.15, 0.2) is 24.3 Å². The zero-order valence-electron chi connectivity index (χ0n) is 11.4. The Morgan fingerprint density at radius 2 is 2.00 bits per heavy atom. The summed E-state index contributed by atoms with van der Waals surface area (Å²) in [6.07, 6.45) is 0.214. The molecule has 2 rings (SSSR count). The number of amides is 2. The number of nitrogens with one attached hydrogen (secondary N) is 1. The summed E-state index contributed by atoms with van der Waals surface area (Å²) in [6, 6.07) is 6.69. The Morgan fingerprint density at radius 1 is 1.29 bits per heavy atom. The second-order valence-electron chi connectivity index (χ2n) is 4.67. The van der Waals surface area contributed by atoms with Crippen molar-refractivity contribution in [2.75, 3.05) is 24.2 Å². The van der Waals surface area contributed by atoms with Gasteiger partial charge in [-0.2, -0.15) is 0 Å². The van der Waals surface area contributed by atoms with E-state index in [2.05, 4.69) is 5.32 Å². The summed E-state index contributed by atoms with van der Waals surface area (Å²) >= 11 is 1.27. The number of hydrogen-bond donors (Lipinski definition) is 2. The van der Waals surface area contributed by atoms with E-state index in [0.717, 1.165) is 5.75 Å². The van der Waals surface area contributed by atoms with Gasteiger partial charge in [0, 0.05) is 31.0 Å². The van der Waals surface area contributed by atoms with Gasteiger partial charge in [0.2, 0.25) is 5.91 Å².